The normalized spacial score (nSPS) is 10.4. The fourth-order valence-electron chi connectivity index (χ4n) is 2.68. The Morgan fingerprint density at radius 1 is 0.964 bits per heavy atom. The topological polar surface area (TPSA) is 64.6 Å². The Morgan fingerprint density at radius 3 is 2.39 bits per heavy atom. The molecule has 2 rings (SSSR count). The molecule has 0 unspecified atom stereocenters. The van der Waals surface area contributed by atoms with E-state index in [1.165, 1.54) is 5.56 Å². The lowest BCUT2D eigenvalue weighted by atomic mass is 10.1. The first kappa shape index (κ1) is 21.5. The Balaban J connectivity index is 1.71. The maximum Gasteiger partial charge on any atom is 0.338 e. The molecule has 1 N–H and O–H groups in total. The summed E-state index contributed by atoms with van der Waals surface area (Å²) in [4.78, 5) is 23.9. The molecule has 0 fully saturated rings. The number of carbonyl (C=O) groups excluding carboxylic acids is 2. The summed E-state index contributed by atoms with van der Waals surface area (Å²) in [5, 5.41) is 2.83. The highest BCUT2D eigenvalue weighted by Crippen LogP contribution is 2.19. The quantitative estimate of drug-likeness (QED) is 0.460. The van der Waals surface area contributed by atoms with Crippen LogP contribution in [-0.4, -0.2) is 25.1 Å². The first-order chi connectivity index (χ1) is 13.5. The van der Waals surface area contributed by atoms with Crippen molar-refractivity contribution in [1.82, 2.24) is 0 Å². The van der Waals surface area contributed by atoms with E-state index < -0.39 is 0 Å². The summed E-state index contributed by atoms with van der Waals surface area (Å²) < 4.78 is 10.9. The Labute approximate surface area is 167 Å². The molecule has 1 amide bonds. The molecule has 0 spiro atoms. The Hall–Kier alpha value is -2.82. The van der Waals surface area contributed by atoms with Gasteiger partial charge < -0.3 is 14.8 Å². The van der Waals surface area contributed by atoms with Crippen LogP contribution >= 0.6 is 0 Å². The Kier molecular flexibility index (Phi) is 8.53. The predicted octanol–water partition coefficient (Wildman–Crippen LogP) is 5.06. The number of unbranched alkanes of at least 4 members (excludes halogenated alkanes) is 1. The maximum absolute atomic E-state index is 12.1. The summed E-state index contributed by atoms with van der Waals surface area (Å²) in [5.74, 6) is 0.435. The van der Waals surface area contributed by atoms with Crippen molar-refractivity contribution < 1.29 is 19.1 Å². The average molecular weight is 383 g/mol. The third-order valence-electron chi connectivity index (χ3n) is 4.27. The van der Waals surface area contributed by atoms with E-state index in [1.807, 2.05) is 32.9 Å². The highest BCUT2D eigenvalue weighted by molar-refractivity contribution is 5.93. The Bertz CT molecular complexity index is 784. The molecule has 0 saturated heterocycles. The molecule has 0 saturated carbocycles. The van der Waals surface area contributed by atoms with Gasteiger partial charge in [-0.2, -0.15) is 0 Å². The number of hydrogen-bond acceptors (Lipinski definition) is 4. The van der Waals surface area contributed by atoms with Crippen molar-refractivity contribution in [2.24, 2.45) is 0 Å². The van der Waals surface area contributed by atoms with Crippen LogP contribution in [0.5, 0.6) is 5.75 Å². The minimum atomic E-state index is -0.338. The largest absolute Gasteiger partial charge is 0.493 e. The zero-order valence-corrected chi connectivity index (χ0v) is 16.9. The third kappa shape index (κ3) is 7.06. The molecule has 0 aliphatic heterocycles. The number of ether oxygens (including phenoxy) is 2. The van der Waals surface area contributed by atoms with E-state index in [9.17, 15) is 9.59 Å². The van der Waals surface area contributed by atoms with E-state index in [0.717, 1.165) is 24.2 Å². The van der Waals surface area contributed by atoms with Crippen LogP contribution in [0.15, 0.2) is 42.5 Å². The third-order valence-corrected chi connectivity index (χ3v) is 4.27. The van der Waals surface area contributed by atoms with Crippen LogP contribution in [0, 0.1) is 13.8 Å². The van der Waals surface area contributed by atoms with Gasteiger partial charge in [0.05, 0.1) is 18.8 Å². The van der Waals surface area contributed by atoms with Crippen molar-refractivity contribution in [3.8, 4) is 5.75 Å². The SMILES string of the molecule is CCCCOC(=O)c1ccc(NC(=O)CCCOc2ccc(C)cc2C)cc1. The van der Waals surface area contributed by atoms with E-state index >= 15 is 0 Å². The van der Waals surface area contributed by atoms with Crippen LogP contribution in [0.4, 0.5) is 5.69 Å². The monoisotopic (exact) mass is 383 g/mol. The van der Waals surface area contributed by atoms with Gasteiger partial charge in [-0.3, -0.25) is 4.79 Å². The van der Waals surface area contributed by atoms with E-state index in [4.69, 9.17) is 9.47 Å². The smallest absolute Gasteiger partial charge is 0.338 e. The lowest BCUT2D eigenvalue weighted by Gasteiger charge is -2.10. The van der Waals surface area contributed by atoms with E-state index in [0.29, 0.717) is 37.3 Å². The van der Waals surface area contributed by atoms with Gasteiger partial charge in [-0.05, 0) is 62.6 Å². The van der Waals surface area contributed by atoms with Crippen LogP contribution in [0.1, 0.15) is 54.1 Å². The molecule has 5 nitrogen and oxygen atoms in total. The predicted molar refractivity (Wildman–Crippen MR) is 111 cm³/mol. The second-order valence-electron chi connectivity index (χ2n) is 6.84. The van der Waals surface area contributed by atoms with Gasteiger partial charge in [-0.1, -0.05) is 31.0 Å². The van der Waals surface area contributed by atoms with Crippen molar-refractivity contribution in [3.63, 3.8) is 0 Å². The van der Waals surface area contributed by atoms with Gasteiger partial charge in [0.15, 0.2) is 0 Å². The molecular weight excluding hydrogens is 354 g/mol. The lowest BCUT2D eigenvalue weighted by Crippen LogP contribution is -2.13. The number of rotatable bonds is 10. The highest BCUT2D eigenvalue weighted by atomic mass is 16.5. The molecule has 0 aliphatic rings. The molecule has 0 atom stereocenters. The summed E-state index contributed by atoms with van der Waals surface area (Å²) in [6.07, 6.45) is 2.83. The maximum atomic E-state index is 12.1. The molecule has 28 heavy (non-hydrogen) atoms. The van der Waals surface area contributed by atoms with Crippen molar-refractivity contribution >= 4 is 17.6 Å². The second kappa shape index (κ2) is 11.1. The van der Waals surface area contributed by atoms with Gasteiger partial charge in [-0.25, -0.2) is 4.79 Å². The van der Waals surface area contributed by atoms with Gasteiger partial charge in [0.2, 0.25) is 5.91 Å². The van der Waals surface area contributed by atoms with Crippen LogP contribution in [0.3, 0.4) is 0 Å². The first-order valence-electron chi connectivity index (χ1n) is 9.76. The number of amides is 1. The van der Waals surface area contributed by atoms with Crippen molar-refractivity contribution in [1.29, 1.82) is 0 Å². The fraction of sp³-hybridized carbons (Fsp3) is 0.391. The number of esters is 1. The van der Waals surface area contributed by atoms with E-state index in [1.54, 1.807) is 24.3 Å². The van der Waals surface area contributed by atoms with Crippen molar-refractivity contribution in [2.45, 2.75) is 46.5 Å². The zero-order chi connectivity index (χ0) is 20.4. The summed E-state index contributed by atoms with van der Waals surface area (Å²) in [6, 6.07) is 12.8. The summed E-state index contributed by atoms with van der Waals surface area (Å²) in [6.45, 7) is 7.01. The van der Waals surface area contributed by atoms with Crippen LogP contribution in [0.25, 0.3) is 0 Å². The van der Waals surface area contributed by atoms with E-state index in [2.05, 4.69) is 11.4 Å². The molecule has 0 aromatic heterocycles. The number of aryl methyl sites for hydroxylation is 2. The Morgan fingerprint density at radius 2 is 1.71 bits per heavy atom. The van der Waals surface area contributed by atoms with E-state index in [-0.39, 0.29) is 11.9 Å². The van der Waals surface area contributed by atoms with Gasteiger partial charge >= 0.3 is 5.97 Å². The minimum Gasteiger partial charge on any atom is -0.493 e. The fourth-order valence-corrected chi connectivity index (χ4v) is 2.68. The molecule has 5 heteroatoms. The molecular formula is C23H29NO4. The summed E-state index contributed by atoms with van der Waals surface area (Å²) >= 11 is 0. The molecule has 2 aromatic carbocycles. The standard InChI is InChI=1S/C23H29NO4/c1-4-5-14-28-23(26)19-9-11-20(12-10-19)24-22(25)7-6-15-27-21-13-8-17(2)16-18(21)3/h8-13,16H,4-7,14-15H2,1-3H3,(H,24,25). The van der Waals surface area contributed by atoms with Crippen LogP contribution < -0.4 is 10.1 Å². The molecule has 0 bridgehead atoms. The molecule has 2 aromatic rings. The van der Waals surface area contributed by atoms with Crippen LogP contribution in [-0.2, 0) is 9.53 Å². The number of anilines is 1. The minimum absolute atomic E-state index is 0.0810. The molecule has 150 valence electrons. The first-order valence-corrected chi connectivity index (χ1v) is 9.76. The number of benzene rings is 2. The van der Waals surface area contributed by atoms with Crippen molar-refractivity contribution in [2.75, 3.05) is 18.5 Å². The van der Waals surface area contributed by atoms with Gasteiger partial charge in [-0.15, -0.1) is 0 Å². The number of hydrogen-bond donors (Lipinski definition) is 1. The van der Waals surface area contributed by atoms with Gasteiger partial charge in [0, 0.05) is 12.1 Å². The molecule has 0 heterocycles. The summed E-state index contributed by atoms with van der Waals surface area (Å²) in [7, 11) is 0. The van der Waals surface area contributed by atoms with Gasteiger partial charge in [0.25, 0.3) is 0 Å². The average Bonchev–Trinajstić information content (AvgIpc) is 2.67. The lowest BCUT2D eigenvalue weighted by molar-refractivity contribution is -0.116. The highest BCUT2D eigenvalue weighted by Gasteiger charge is 2.08. The molecule has 0 aliphatic carbocycles. The summed E-state index contributed by atoms with van der Waals surface area (Å²) in [5.41, 5.74) is 3.43. The zero-order valence-electron chi connectivity index (χ0n) is 16.9. The van der Waals surface area contributed by atoms with Gasteiger partial charge in [0.1, 0.15) is 5.75 Å². The number of carbonyl (C=O) groups is 2. The van der Waals surface area contributed by atoms with Crippen LogP contribution in [0.2, 0.25) is 0 Å². The number of nitrogens with one attached hydrogen (secondary N) is 1. The second-order valence-corrected chi connectivity index (χ2v) is 6.84. The molecule has 0 radical (unpaired) electrons. The van der Waals surface area contributed by atoms with Crippen molar-refractivity contribution in [3.05, 3.63) is 59.2 Å².